The van der Waals surface area contributed by atoms with Crippen LogP contribution in [-0.4, -0.2) is 46.6 Å². The summed E-state index contributed by atoms with van der Waals surface area (Å²) < 4.78 is 0. The Morgan fingerprint density at radius 3 is 2.50 bits per heavy atom. The van der Waals surface area contributed by atoms with Gasteiger partial charge < -0.3 is 10.6 Å². The second-order valence-electron chi connectivity index (χ2n) is 7.25. The number of carbonyl (C=O) groups is 2. The van der Waals surface area contributed by atoms with E-state index in [9.17, 15) is 9.59 Å². The molecule has 2 N–H and O–H groups in total. The van der Waals surface area contributed by atoms with Crippen LogP contribution in [0.3, 0.4) is 0 Å². The number of hydrogen-bond donors (Lipinski definition) is 2. The molecule has 1 aromatic carbocycles. The topological polar surface area (TPSA) is 64.7 Å². The van der Waals surface area contributed by atoms with Gasteiger partial charge in [0.25, 0.3) is 0 Å². The summed E-state index contributed by atoms with van der Waals surface area (Å²) in [6.07, 6.45) is 9.18. The van der Waals surface area contributed by atoms with Crippen LogP contribution < -0.4 is 10.6 Å². The van der Waals surface area contributed by atoms with E-state index in [1.165, 1.54) is 38.2 Å². The summed E-state index contributed by atoms with van der Waals surface area (Å²) in [5.74, 6) is 0.00371. The number of carbonyl (C=O) groups excluding carboxylic acids is 2. The van der Waals surface area contributed by atoms with Crippen molar-refractivity contribution in [2.75, 3.05) is 25.0 Å². The number of hydrazine groups is 1. The predicted molar refractivity (Wildman–Crippen MR) is 115 cm³/mol. The summed E-state index contributed by atoms with van der Waals surface area (Å²) in [6.45, 7) is 3.67. The minimum Gasteiger partial charge on any atom is -0.361 e. The highest BCUT2D eigenvalue weighted by Crippen LogP contribution is 2.20. The fourth-order valence-corrected chi connectivity index (χ4v) is 3.86. The van der Waals surface area contributed by atoms with E-state index < -0.39 is 0 Å². The number of rotatable bonds is 5. The van der Waals surface area contributed by atoms with Crippen LogP contribution in [0, 0.1) is 0 Å². The summed E-state index contributed by atoms with van der Waals surface area (Å²) in [4.78, 5) is 24.0. The van der Waals surface area contributed by atoms with Gasteiger partial charge in [0.05, 0.1) is 0 Å². The van der Waals surface area contributed by atoms with E-state index in [1.54, 1.807) is 29.3 Å². The molecule has 1 saturated heterocycles. The molecule has 2 amide bonds. The molecule has 1 aliphatic carbocycles. The van der Waals surface area contributed by atoms with Gasteiger partial charge in [-0.15, -0.1) is 0 Å². The Morgan fingerprint density at radius 1 is 1.07 bits per heavy atom. The van der Waals surface area contributed by atoms with Crippen LogP contribution >= 0.6 is 12.2 Å². The second kappa shape index (κ2) is 9.68. The Labute approximate surface area is 171 Å². The summed E-state index contributed by atoms with van der Waals surface area (Å²) in [7, 11) is 0. The average molecular weight is 401 g/mol. The molecule has 3 rings (SSSR count). The van der Waals surface area contributed by atoms with Gasteiger partial charge in [0.1, 0.15) is 0 Å². The minimum atomic E-state index is -0.216. The standard InChI is InChI=1S/C21H28N4O2S/c1-16(26)18-8-10-19(11-9-18)23-20(27)24-14-5-15-25(24)21(28)22-13-12-17-6-3-2-4-7-17/h6,8-11H,2-5,7,12-15H2,1H3,(H,22,28)(H,23,27). The number of ketones is 1. The van der Waals surface area contributed by atoms with Crippen molar-refractivity contribution in [1.29, 1.82) is 0 Å². The Kier molecular flexibility index (Phi) is 7.03. The van der Waals surface area contributed by atoms with Crippen LogP contribution in [0.5, 0.6) is 0 Å². The van der Waals surface area contributed by atoms with Crippen molar-refractivity contribution in [1.82, 2.24) is 15.3 Å². The van der Waals surface area contributed by atoms with Crippen LogP contribution in [0.1, 0.15) is 55.8 Å². The van der Waals surface area contributed by atoms with E-state index in [0.717, 1.165) is 25.9 Å². The van der Waals surface area contributed by atoms with Crippen LogP contribution in [-0.2, 0) is 0 Å². The van der Waals surface area contributed by atoms with E-state index in [4.69, 9.17) is 12.2 Å². The van der Waals surface area contributed by atoms with Crippen molar-refractivity contribution < 1.29 is 9.59 Å². The molecule has 1 fully saturated rings. The molecule has 1 aromatic rings. The first kappa shape index (κ1) is 20.3. The Hall–Kier alpha value is -2.41. The molecule has 0 unspecified atom stereocenters. The van der Waals surface area contributed by atoms with Gasteiger partial charge in [-0.1, -0.05) is 11.6 Å². The first-order chi connectivity index (χ1) is 13.5. The molecule has 0 radical (unpaired) electrons. The Morgan fingerprint density at radius 2 is 1.82 bits per heavy atom. The molecule has 7 heteroatoms. The minimum absolute atomic E-state index is 0.00371. The van der Waals surface area contributed by atoms with E-state index in [0.29, 0.717) is 22.9 Å². The molecular formula is C21H28N4O2S. The van der Waals surface area contributed by atoms with Gasteiger partial charge in [-0.25, -0.2) is 9.80 Å². The summed E-state index contributed by atoms with van der Waals surface area (Å²) in [5.41, 5.74) is 2.79. The number of benzene rings is 1. The molecule has 1 heterocycles. The first-order valence-electron chi connectivity index (χ1n) is 9.97. The van der Waals surface area contributed by atoms with Crippen molar-refractivity contribution in [3.8, 4) is 0 Å². The van der Waals surface area contributed by atoms with Crippen molar-refractivity contribution in [2.24, 2.45) is 0 Å². The van der Waals surface area contributed by atoms with Crippen LogP contribution in [0.15, 0.2) is 35.9 Å². The van der Waals surface area contributed by atoms with E-state index >= 15 is 0 Å². The molecule has 2 aliphatic rings. The molecule has 0 aromatic heterocycles. The number of amides is 2. The SMILES string of the molecule is CC(=O)c1ccc(NC(=O)N2CCCN2C(=S)NCCC2=CCCCC2)cc1. The van der Waals surface area contributed by atoms with E-state index in [1.807, 2.05) is 5.01 Å². The maximum absolute atomic E-state index is 12.7. The largest absolute Gasteiger partial charge is 0.361 e. The lowest BCUT2D eigenvalue weighted by Gasteiger charge is -2.30. The zero-order chi connectivity index (χ0) is 19.9. The fraction of sp³-hybridized carbons (Fsp3) is 0.476. The monoisotopic (exact) mass is 400 g/mol. The third-order valence-corrected chi connectivity index (χ3v) is 5.51. The van der Waals surface area contributed by atoms with Gasteiger partial charge in [0, 0.05) is 30.9 Å². The highest BCUT2D eigenvalue weighted by Gasteiger charge is 2.28. The smallest absolute Gasteiger partial charge is 0.340 e. The maximum atomic E-state index is 12.7. The lowest BCUT2D eigenvalue weighted by molar-refractivity contribution is 0.101. The molecular weight excluding hydrogens is 372 g/mol. The number of nitrogens with one attached hydrogen (secondary N) is 2. The summed E-state index contributed by atoms with van der Waals surface area (Å²) >= 11 is 5.52. The molecule has 28 heavy (non-hydrogen) atoms. The number of Topliss-reactive ketones (excluding diaryl/α,β-unsaturated/α-hetero) is 1. The van der Waals surface area contributed by atoms with Crippen molar-refractivity contribution in [3.05, 3.63) is 41.5 Å². The normalized spacial score (nSPS) is 16.5. The molecule has 0 atom stereocenters. The number of thiocarbonyl (C=S) groups is 1. The number of allylic oxidation sites excluding steroid dienone is 1. The molecule has 1 aliphatic heterocycles. The molecule has 150 valence electrons. The average Bonchev–Trinajstić information content (AvgIpc) is 3.19. The van der Waals surface area contributed by atoms with Crippen LogP contribution in [0.4, 0.5) is 10.5 Å². The molecule has 0 saturated carbocycles. The summed E-state index contributed by atoms with van der Waals surface area (Å²) in [5, 5.41) is 10.3. The molecule has 0 spiro atoms. The van der Waals surface area contributed by atoms with Gasteiger partial charge in [0.2, 0.25) is 0 Å². The van der Waals surface area contributed by atoms with Crippen LogP contribution in [0.25, 0.3) is 0 Å². The van der Waals surface area contributed by atoms with Gasteiger partial charge in [-0.2, -0.15) is 0 Å². The lowest BCUT2D eigenvalue weighted by Crippen LogP contribution is -2.50. The van der Waals surface area contributed by atoms with Crippen molar-refractivity contribution in [2.45, 2.75) is 45.4 Å². The maximum Gasteiger partial charge on any atom is 0.340 e. The van der Waals surface area contributed by atoms with Gasteiger partial charge in [-0.3, -0.25) is 9.80 Å². The first-order valence-corrected chi connectivity index (χ1v) is 10.4. The van der Waals surface area contributed by atoms with Crippen molar-refractivity contribution >= 4 is 34.8 Å². The number of urea groups is 1. The zero-order valence-electron chi connectivity index (χ0n) is 16.4. The molecule has 6 nitrogen and oxygen atoms in total. The number of anilines is 1. The number of hydrogen-bond acceptors (Lipinski definition) is 3. The predicted octanol–water partition coefficient (Wildman–Crippen LogP) is 4.11. The van der Waals surface area contributed by atoms with Gasteiger partial charge in [-0.05, 0) is 81.9 Å². The molecule has 0 bridgehead atoms. The Bertz CT molecular complexity index is 760. The van der Waals surface area contributed by atoms with Gasteiger partial charge in [0.15, 0.2) is 10.9 Å². The third kappa shape index (κ3) is 5.32. The quantitative estimate of drug-likeness (QED) is 0.442. The van der Waals surface area contributed by atoms with Crippen molar-refractivity contribution in [3.63, 3.8) is 0 Å². The zero-order valence-corrected chi connectivity index (χ0v) is 17.2. The Balaban J connectivity index is 1.51. The van der Waals surface area contributed by atoms with Gasteiger partial charge >= 0.3 is 6.03 Å². The summed E-state index contributed by atoms with van der Waals surface area (Å²) in [6, 6.07) is 6.69. The number of nitrogens with zero attached hydrogens (tertiary/aromatic N) is 2. The van der Waals surface area contributed by atoms with Crippen LogP contribution in [0.2, 0.25) is 0 Å². The third-order valence-electron chi connectivity index (χ3n) is 5.15. The van der Waals surface area contributed by atoms with E-state index in [2.05, 4.69) is 16.7 Å². The highest BCUT2D eigenvalue weighted by molar-refractivity contribution is 7.80. The van der Waals surface area contributed by atoms with E-state index in [-0.39, 0.29) is 11.8 Å². The highest BCUT2D eigenvalue weighted by atomic mass is 32.1. The lowest BCUT2D eigenvalue weighted by atomic mass is 9.97. The fourth-order valence-electron chi connectivity index (χ4n) is 3.56. The second-order valence-corrected chi connectivity index (χ2v) is 7.64.